The van der Waals surface area contributed by atoms with Crippen molar-refractivity contribution in [1.29, 1.82) is 0 Å². The van der Waals surface area contributed by atoms with Crippen molar-refractivity contribution in [3.8, 4) is 5.75 Å². The van der Waals surface area contributed by atoms with Crippen molar-refractivity contribution in [3.05, 3.63) is 54.6 Å². The monoisotopic (exact) mass is 226 g/mol. The summed E-state index contributed by atoms with van der Waals surface area (Å²) in [7, 11) is 0. The molecule has 2 heteroatoms. The van der Waals surface area contributed by atoms with Gasteiger partial charge in [0.05, 0.1) is 5.56 Å². The SMILES string of the molecule is C=CCOc1c(C(C)=O)ccc2ccccc12. The van der Waals surface area contributed by atoms with E-state index in [1.807, 2.05) is 36.4 Å². The number of rotatable bonds is 4. The van der Waals surface area contributed by atoms with Crippen molar-refractivity contribution >= 4 is 16.6 Å². The molecule has 2 aromatic carbocycles. The van der Waals surface area contributed by atoms with Crippen LogP contribution in [0.5, 0.6) is 5.75 Å². The predicted molar refractivity (Wildman–Crippen MR) is 69.6 cm³/mol. The van der Waals surface area contributed by atoms with Gasteiger partial charge in [-0.15, -0.1) is 0 Å². The van der Waals surface area contributed by atoms with Crippen molar-refractivity contribution < 1.29 is 9.53 Å². The average molecular weight is 226 g/mol. The molecule has 2 aromatic rings. The summed E-state index contributed by atoms with van der Waals surface area (Å²) in [6.45, 7) is 5.56. The minimum atomic E-state index is 0.00909. The Labute approximate surface area is 101 Å². The first-order valence-electron chi connectivity index (χ1n) is 5.50. The van der Waals surface area contributed by atoms with Crippen LogP contribution in [0.3, 0.4) is 0 Å². The van der Waals surface area contributed by atoms with Crippen molar-refractivity contribution in [1.82, 2.24) is 0 Å². The smallest absolute Gasteiger partial charge is 0.163 e. The van der Waals surface area contributed by atoms with Crippen LogP contribution in [-0.2, 0) is 0 Å². The van der Waals surface area contributed by atoms with Gasteiger partial charge in [0, 0.05) is 5.39 Å². The lowest BCUT2D eigenvalue weighted by atomic mass is 10.0. The number of ketones is 1. The second-order valence-corrected chi connectivity index (χ2v) is 3.82. The van der Waals surface area contributed by atoms with Gasteiger partial charge in [-0.25, -0.2) is 0 Å². The molecule has 0 aliphatic heterocycles. The Kier molecular flexibility index (Phi) is 3.24. The largest absolute Gasteiger partial charge is 0.488 e. The normalized spacial score (nSPS) is 10.2. The lowest BCUT2D eigenvalue weighted by Crippen LogP contribution is -2.01. The highest BCUT2D eigenvalue weighted by Crippen LogP contribution is 2.30. The molecule has 0 fully saturated rings. The molecule has 0 radical (unpaired) electrons. The van der Waals surface area contributed by atoms with E-state index in [0.717, 1.165) is 10.8 Å². The summed E-state index contributed by atoms with van der Waals surface area (Å²) in [5.41, 5.74) is 0.616. The summed E-state index contributed by atoms with van der Waals surface area (Å²) < 4.78 is 5.62. The van der Waals surface area contributed by atoms with Crippen molar-refractivity contribution in [2.75, 3.05) is 6.61 Å². The molecule has 2 nitrogen and oxygen atoms in total. The average Bonchev–Trinajstić information content (AvgIpc) is 2.35. The van der Waals surface area contributed by atoms with Gasteiger partial charge in [-0.05, 0) is 18.4 Å². The van der Waals surface area contributed by atoms with E-state index in [-0.39, 0.29) is 5.78 Å². The minimum absolute atomic E-state index is 0.00909. The van der Waals surface area contributed by atoms with E-state index in [1.165, 1.54) is 0 Å². The second-order valence-electron chi connectivity index (χ2n) is 3.82. The summed E-state index contributed by atoms with van der Waals surface area (Å²) in [5.74, 6) is 0.658. The summed E-state index contributed by atoms with van der Waals surface area (Å²) in [6, 6.07) is 11.6. The molecule has 86 valence electrons. The molecule has 0 heterocycles. The van der Waals surface area contributed by atoms with Crippen LogP contribution in [0, 0.1) is 0 Å². The van der Waals surface area contributed by atoms with Gasteiger partial charge in [-0.2, -0.15) is 0 Å². The first kappa shape index (κ1) is 11.4. The van der Waals surface area contributed by atoms with Crippen LogP contribution < -0.4 is 4.74 Å². The van der Waals surface area contributed by atoms with E-state index in [4.69, 9.17) is 4.74 Å². The maximum atomic E-state index is 11.6. The van der Waals surface area contributed by atoms with Crippen LogP contribution in [0.4, 0.5) is 0 Å². The molecule has 0 aromatic heterocycles. The quantitative estimate of drug-likeness (QED) is 0.588. The third-order valence-corrected chi connectivity index (χ3v) is 2.60. The van der Waals surface area contributed by atoms with Crippen LogP contribution in [-0.4, -0.2) is 12.4 Å². The van der Waals surface area contributed by atoms with Crippen molar-refractivity contribution in [2.24, 2.45) is 0 Å². The van der Waals surface area contributed by atoms with Crippen LogP contribution in [0.25, 0.3) is 10.8 Å². The second kappa shape index (κ2) is 4.83. The van der Waals surface area contributed by atoms with Gasteiger partial charge >= 0.3 is 0 Å². The number of carbonyl (C=O) groups excluding carboxylic acids is 1. The van der Waals surface area contributed by atoms with Gasteiger partial charge in [0.25, 0.3) is 0 Å². The summed E-state index contributed by atoms with van der Waals surface area (Å²) in [5, 5.41) is 2.03. The number of hydrogen-bond acceptors (Lipinski definition) is 2. The topological polar surface area (TPSA) is 26.3 Å². The lowest BCUT2D eigenvalue weighted by molar-refractivity contribution is 0.101. The molecule has 2 rings (SSSR count). The molecule has 0 saturated heterocycles. The fraction of sp³-hybridized carbons (Fsp3) is 0.133. The van der Waals surface area contributed by atoms with Crippen molar-refractivity contribution in [3.63, 3.8) is 0 Å². The molecule has 0 amide bonds. The Morgan fingerprint density at radius 3 is 2.76 bits per heavy atom. The van der Waals surface area contributed by atoms with Gasteiger partial charge in [0.1, 0.15) is 12.4 Å². The van der Waals surface area contributed by atoms with Gasteiger partial charge in [0.2, 0.25) is 0 Å². The molecule has 0 atom stereocenters. The zero-order valence-corrected chi connectivity index (χ0v) is 9.77. The predicted octanol–water partition coefficient (Wildman–Crippen LogP) is 3.61. The third-order valence-electron chi connectivity index (χ3n) is 2.60. The fourth-order valence-corrected chi connectivity index (χ4v) is 1.82. The van der Waals surface area contributed by atoms with Crippen LogP contribution in [0.1, 0.15) is 17.3 Å². The Bertz CT molecular complexity index is 570. The maximum absolute atomic E-state index is 11.6. The van der Waals surface area contributed by atoms with Gasteiger partial charge in [-0.3, -0.25) is 4.79 Å². The Morgan fingerprint density at radius 1 is 1.29 bits per heavy atom. The maximum Gasteiger partial charge on any atom is 0.163 e. The zero-order chi connectivity index (χ0) is 12.3. The summed E-state index contributed by atoms with van der Waals surface area (Å²) >= 11 is 0. The number of carbonyl (C=O) groups is 1. The first-order chi connectivity index (χ1) is 8.24. The van der Waals surface area contributed by atoms with E-state index in [1.54, 1.807) is 13.0 Å². The van der Waals surface area contributed by atoms with Gasteiger partial charge in [-0.1, -0.05) is 43.0 Å². The highest BCUT2D eigenvalue weighted by molar-refractivity contribution is 6.03. The Balaban J connectivity index is 2.65. The molecular weight excluding hydrogens is 212 g/mol. The molecule has 0 spiro atoms. The van der Waals surface area contributed by atoms with Crippen LogP contribution in [0.2, 0.25) is 0 Å². The van der Waals surface area contributed by atoms with E-state index in [9.17, 15) is 4.79 Å². The zero-order valence-electron chi connectivity index (χ0n) is 9.77. The Morgan fingerprint density at radius 2 is 2.06 bits per heavy atom. The van der Waals surface area contributed by atoms with E-state index in [2.05, 4.69) is 6.58 Å². The first-order valence-corrected chi connectivity index (χ1v) is 5.50. The van der Waals surface area contributed by atoms with E-state index < -0.39 is 0 Å². The number of ether oxygens (including phenoxy) is 1. The highest BCUT2D eigenvalue weighted by Gasteiger charge is 2.11. The number of benzene rings is 2. The van der Waals surface area contributed by atoms with Gasteiger partial charge < -0.3 is 4.74 Å². The summed E-state index contributed by atoms with van der Waals surface area (Å²) in [6.07, 6.45) is 1.67. The van der Waals surface area contributed by atoms with E-state index >= 15 is 0 Å². The highest BCUT2D eigenvalue weighted by atomic mass is 16.5. The molecule has 0 saturated carbocycles. The molecule has 0 aliphatic rings. The molecule has 0 N–H and O–H groups in total. The van der Waals surface area contributed by atoms with Gasteiger partial charge in [0.15, 0.2) is 5.78 Å². The Hall–Kier alpha value is -2.09. The molecule has 0 aliphatic carbocycles. The number of hydrogen-bond donors (Lipinski definition) is 0. The third kappa shape index (κ3) is 2.21. The van der Waals surface area contributed by atoms with Crippen molar-refractivity contribution in [2.45, 2.75) is 6.92 Å². The van der Waals surface area contributed by atoms with Crippen LogP contribution >= 0.6 is 0 Å². The molecular formula is C15H14O2. The molecule has 0 bridgehead atoms. The summed E-state index contributed by atoms with van der Waals surface area (Å²) in [4.78, 5) is 11.6. The standard InChI is InChI=1S/C15H14O2/c1-3-10-17-15-13(11(2)16)9-8-12-6-4-5-7-14(12)15/h3-9H,1,10H2,2H3. The molecule has 17 heavy (non-hydrogen) atoms. The van der Waals surface area contributed by atoms with Crippen LogP contribution in [0.15, 0.2) is 49.1 Å². The number of fused-ring (bicyclic) bond motifs is 1. The minimum Gasteiger partial charge on any atom is -0.488 e. The fourth-order valence-electron chi connectivity index (χ4n) is 1.82. The number of Topliss-reactive ketones (excluding diaryl/α,β-unsaturated/α-hetero) is 1. The molecule has 0 unspecified atom stereocenters. The lowest BCUT2D eigenvalue weighted by Gasteiger charge is -2.11. The van der Waals surface area contributed by atoms with E-state index in [0.29, 0.717) is 17.9 Å².